The zero-order chi connectivity index (χ0) is 40.0. The molecular formula is C58H72N2. The first-order valence-corrected chi connectivity index (χ1v) is 25.4. The first-order valence-electron chi connectivity index (χ1n) is 25.4. The number of hydrogen-bond donors (Lipinski definition) is 0. The van der Waals surface area contributed by atoms with Gasteiger partial charge in [-0.3, -0.25) is 0 Å². The lowest BCUT2D eigenvalue weighted by Gasteiger charge is -2.52. The molecular weight excluding hydrogens is 725 g/mol. The summed E-state index contributed by atoms with van der Waals surface area (Å²) in [6, 6.07) is 9.98. The van der Waals surface area contributed by atoms with E-state index in [2.05, 4.69) is 133 Å². The van der Waals surface area contributed by atoms with Gasteiger partial charge in [-0.2, -0.15) is 0 Å². The number of rotatable bonds is 6. The second kappa shape index (κ2) is 15.1. The minimum atomic E-state index is 0.130. The van der Waals surface area contributed by atoms with Crippen LogP contribution in [0.5, 0.6) is 0 Å². The maximum Gasteiger partial charge on any atom is 0.0514 e. The highest BCUT2D eigenvalue weighted by molar-refractivity contribution is 5.82. The van der Waals surface area contributed by atoms with Crippen LogP contribution in [0, 0.1) is 52.8 Å². The van der Waals surface area contributed by atoms with E-state index in [1.165, 1.54) is 115 Å². The highest BCUT2D eigenvalue weighted by atomic mass is 15.2. The first-order chi connectivity index (χ1) is 29.5. The summed E-state index contributed by atoms with van der Waals surface area (Å²) in [6.07, 6.45) is 62.5. The van der Waals surface area contributed by atoms with Crippen LogP contribution in [-0.4, -0.2) is 29.1 Å². The van der Waals surface area contributed by atoms with Gasteiger partial charge >= 0.3 is 0 Å². The lowest BCUT2D eigenvalue weighted by Crippen LogP contribution is -2.52. The van der Waals surface area contributed by atoms with Crippen LogP contribution in [0.1, 0.15) is 141 Å². The predicted octanol–water partition coefficient (Wildman–Crippen LogP) is 14.2. The van der Waals surface area contributed by atoms with Crippen molar-refractivity contribution in [3.05, 3.63) is 132 Å². The summed E-state index contributed by atoms with van der Waals surface area (Å²) in [5, 5.41) is 0. The number of hydrogen-bond acceptors (Lipinski definition) is 2. The zero-order valence-electron chi connectivity index (χ0n) is 36.9. The van der Waals surface area contributed by atoms with Crippen LogP contribution in [0.3, 0.4) is 0 Å². The van der Waals surface area contributed by atoms with Gasteiger partial charge in [-0.15, -0.1) is 0 Å². The highest BCUT2D eigenvalue weighted by Gasteiger charge is 2.72. The molecule has 60 heavy (non-hydrogen) atoms. The normalized spacial score (nSPS) is 41.4. The average Bonchev–Trinajstić information content (AvgIpc) is 3.86. The molecule has 3 fully saturated rings. The number of fused-ring (bicyclic) bond motifs is 12. The molecule has 1 spiro atoms. The smallest absolute Gasteiger partial charge is 0.0514 e. The van der Waals surface area contributed by atoms with E-state index in [0.717, 1.165) is 18.3 Å². The zero-order valence-corrected chi connectivity index (χ0v) is 36.9. The van der Waals surface area contributed by atoms with Crippen molar-refractivity contribution in [3.63, 3.8) is 0 Å². The van der Waals surface area contributed by atoms with Gasteiger partial charge in [-0.25, -0.2) is 0 Å². The molecule has 12 rings (SSSR count). The topological polar surface area (TPSA) is 6.48 Å². The van der Waals surface area contributed by atoms with Gasteiger partial charge in [-0.05, 0) is 184 Å². The lowest BCUT2D eigenvalue weighted by atomic mass is 9.54. The molecule has 0 saturated heterocycles. The number of nitrogens with zero attached hydrogens (tertiary/aromatic N) is 2. The molecule has 3 saturated carbocycles. The summed E-state index contributed by atoms with van der Waals surface area (Å²) >= 11 is 0. The van der Waals surface area contributed by atoms with Gasteiger partial charge in [0.05, 0.1) is 6.04 Å². The summed E-state index contributed by atoms with van der Waals surface area (Å²) in [4.78, 5) is 6.07. The van der Waals surface area contributed by atoms with Crippen LogP contribution in [0.25, 0.3) is 5.57 Å². The van der Waals surface area contributed by atoms with Crippen molar-refractivity contribution < 1.29 is 0 Å². The molecule has 314 valence electrons. The molecule has 11 aliphatic rings. The van der Waals surface area contributed by atoms with E-state index in [9.17, 15) is 0 Å². The minimum absolute atomic E-state index is 0.130. The molecule has 0 aromatic heterocycles. The largest absolute Gasteiger partial charge is 0.365 e. The second-order valence-corrected chi connectivity index (χ2v) is 22.0. The van der Waals surface area contributed by atoms with Crippen molar-refractivity contribution in [2.75, 3.05) is 4.90 Å². The summed E-state index contributed by atoms with van der Waals surface area (Å²) in [5.74, 6) is 5.55. The van der Waals surface area contributed by atoms with Gasteiger partial charge in [0.25, 0.3) is 0 Å². The third kappa shape index (κ3) is 5.69. The van der Waals surface area contributed by atoms with E-state index < -0.39 is 0 Å². The third-order valence-electron chi connectivity index (χ3n) is 19.3. The predicted molar refractivity (Wildman–Crippen MR) is 251 cm³/mol. The number of anilines is 1. The van der Waals surface area contributed by atoms with Gasteiger partial charge in [0, 0.05) is 34.9 Å². The fourth-order valence-corrected chi connectivity index (χ4v) is 17.2. The number of allylic oxidation sites excluding steroid dienone is 13. The Labute approximate surface area is 363 Å². The number of benzene rings is 1. The quantitative estimate of drug-likeness (QED) is 0.265. The van der Waals surface area contributed by atoms with Crippen LogP contribution in [0.4, 0.5) is 5.69 Å². The summed E-state index contributed by atoms with van der Waals surface area (Å²) in [7, 11) is 0. The Kier molecular flexibility index (Phi) is 9.60. The Morgan fingerprint density at radius 3 is 2.37 bits per heavy atom. The molecule has 0 radical (unpaired) electrons. The lowest BCUT2D eigenvalue weighted by molar-refractivity contribution is 0.00540. The van der Waals surface area contributed by atoms with E-state index in [0.29, 0.717) is 65.1 Å². The average molecular weight is 797 g/mol. The molecule has 13 atom stereocenters. The van der Waals surface area contributed by atoms with E-state index >= 15 is 0 Å². The van der Waals surface area contributed by atoms with Crippen LogP contribution >= 0.6 is 0 Å². The standard InChI is InChI=1S/C58H72N2/c1-57(2)49-28-15-12-25-44(49)46-35-34-43(37-53(46)57)60(41-23-10-5-11-24-41)55-32-18-31-52-56(55)48-27-14-17-30-51(48)58(52)50-29-16-13-26-45(50)47-36-33-42(38-54(47)58)59(39-19-6-3-7-20-39)40-21-8-4-9-22-40/h3,5-6,10-11,13,16,18,21,23,26,29,31,33-37,39,41-42,45,47-48,50-52,54-56H,4,7-9,12,14-15,17,19-20,22,24-25,27-28,30,32,38H2,1-2H3. The maximum atomic E-state index is 3.04. The Balaban J connectivity index is 0.967. The summed E-state index contributed by atoms with van der Waals surface area (Å²) in [5.41, 5.74) is 10.3. The van der Waals surface area contributed by atoms with E-state index in [4.69, 9.17) is 0 Å². The van der Waals surface area contributed by atoms with Crippen molar-refractivity contribution >= 4 is 11.3 Å². The molecule has 11 aliphatic carbocycles. The van der Waals surface area contributed by atoms with Crippen LogP contribution in [0.2, 0.25) is 0 Å². The van der Waals surface area contributed by atoms with Crippen LogP contribution in [-0.2, 0) is 5.41 Å². The Bertz CT molecular complexity index is 2130. The summed E-state index contributed by atoms with van der Waals surface area (Å²) < 4.78 is 0. The fraction of sp³-hybridized carbons (Fsp3) is 0.586. The highest BCUT2D eigenvalue weighted by Crippen LogP contribution is 2.76. The molecule has 0 heterocycles. The van der Waals surface area contributed by atoms with Crippen molar-refractivity contribution in [1.29, 1.82) is 0 Å². The van der Waals surface area contributed by atoms with Gasteiger partial charge in [0.15, 0.2) is 0 Å². The van der Waals surface area contributed by atoms with Gasteiger partial charge < -0.3 is 9.80 Å². The van der Waals surface area contributed by atoms with E-state index in [1.807, 2.05) is 0 Å². The Hall–Kier alpha value is -3.52. The van der Waals surface area contributed by atoms with Crippen molar-refractivity contribution in [2.45, 2.75) is 159 Å². The molecule has 2 nitrogen and oxygen atoms in total. The van der Waals surface area contributed by atoms with Crippen LogP contribution < -0.4 is 4.90 Å². The maximum absolute atomic E-state index is 3.04. The molecule has 13 unspecified atom stereocenters. The molecule has 1 aromatic rings. The monoisotopic (exact) mass is 797 g/mol. The second-order valence-electron chi connectivity index (χ2n) is 22.0. The molecule has 1 aromatic carbocycles. The van der Waals surface area contributed by atoms with Crippen LogP contribution in [0.15, 0.2) is 121 Å². The summed E-state index contributed by atoms with van der Waals surface area (Å²) in [6.45, 7) is 5.09. The van der Waals surface area contributed by atoms with E-state index in [-0.39, 0.29) is 5.41 Å². The minimum Gasteiger partial charge on any atom is -0.365 e. The van der Waals surface area contributed by atoms with Crippen molar-refractivity contribution in [1.82, 2.24) is 4.90 Å². The van der Waals surface area contributed by atoms with Gasteiger partial charge in [0.1, 0.15) is 0 Å². The molecule has 0 N–H and O–H groups in total. The molecule has 2 heteroatoms. The van der Waals surface area contributed by atoms with Gasteiger partial charge in [0.2, 0.25) is 0 Å². The Morgan fingerprint density at radius 2 is 1.50 bits per heavy atom. The first kappa shape index (κ1) is 38.2. The third-order valence-corrected chi connectivity index (χ3v) is 19.3. The fourth-order valence-electron chi connectivity index (χ4n) is 17.2. The van der Waals surface area contributed by atoms with E-state index in [1.54, 1.807) is 28.0 Å². The molecule has 0 bridgehead atoms. The molecule has 0 amide bonds. The SMILES string of the molecule is CC1(C)C2=C(CCCC2)c2ccc(N(C3C=CC=CC3)C3CC=CC4C3C3CCCCC3C43C4C=CC=CC4C4C=CC(N(C5=CCCCC5)C5CC=CCC5)CC43)cc21. The van der Waals surface area contributed by atoms with Crippen molar-refractivity contribution in [3.8, 4) is 0 Å². The molecule has 0 aliphatic heterocycles. The van der Waals surface area contributed by atoms with Crippen molar-refractivity contribution in [2.24, 2.45) is 52.8 Å². The Morgan fingerprint density at radius 1 is 0.617 bits per heavy atom. The van der Waals surface area contributed by atoms with Gasteiger partial charge in [-0.1, -0.05) is 129 Å².